The summed E-state index contributed by atoms with van der Waals surface area (Å²) in [6.07, 6.45) is 1.45. The fraction of sp³-hybridized carbons (Fsp3) is 0.312. The van der Waals surface area contributed by atoms with Gasteiger partial charge in [0.05, 0.1) is 18.4 Å². The van der Waals surface area contributed by atoms with Gasteiger partial charge in [0.2, 0.25) is 0 Å². The van der Waals surface area contributed by atoms with Gasteiger partial charge in [0, 0.05) is 18.3 Å². The van der Waals surface area contributed by atoms with Crippen molar-refractivity contribution in [1.29, 1.82) is 0 Å². The van der Waals surface area contributed by atoms with Crippen molar-refractivity contribution in [2.24, 2.45) is 0 Å². The minimum atomic E-state index is -1.69. The highest BCUT2D eigenvalue weighted by Crippen LogP contribution is 2.29. The lowest BCUT2D eigenvalue weighted by Crippen LogP contribution is -2.34. The first-order chi connectivity index (χ1) is 11.2. The van der Waals surface area contributed by atoms with E-state index in [0.717, 1.165) is 6.07 Å². The maximum Gasteiger partial charge on any atom is 0.488 e. The van der Waals surface area contributed by atoms with Crippen LogP contribution in [0.4, 0.5) is 0 Å². The van der Waals surface area contributed by atoms with E-state index in [1.165, 1.54) is 23.9 Å². The van der Waals surface area contributed by atoms with Gasteiger partial charge in [-0.2, -0.15) is 0 Å². The van der Waals surface area contributed by atoms with Crippen molar-refractivity contribution in [3.8, 4) is 17.2 Å². The largest absolute Gasteiger partial charge is 0.493 e. The maximum atomic E-state index is 12.1. The Morgan fingerprint density at radius 2 is 1.88 bits per heavy atom. The summed E-state index contributed by atoms with van der Waals surface area (Å²) >= 11 is 0. The van der Waals surface area contributed by atoms with E-state index in [-0.39, 0.29) is 12.1 Å². The van der Waals surface area contributed by atoms with E-state index in [1.807, 2.05) is 0 Å². The SMILES string of the molecule is COc1cc(-n2ccc(B(O)O)cc2=O)ccc1OCC(C)(C)O. The fourth-order valence-electron chi connectivity index (χ4n) is 2.05. The number of methoxy groups -OCH3 is 1. The Balaban J connectivity index is 2.34. The van der Waals surface area contributed by atoms with Crippen molar-refractivity contribution in [3.63, 3.8) is 0 Å². The zero-order valence-corrected chi connectivity index (χ0v) is 13.8. The number of rotatable bonds is 6. The minimum Gasteiger partial charge on any atom is -0.493 e. The summed E-state index contributed by atoms with van der Waals surface area (Å²) in [5, 5.41) is 27.9. The van der Waals surface area contributed by atoms with Crippen LogP contribution < -0.4 is 20.5 Å². The standard InChI is InChI=1S/C16H20BNO6/c1-16(2,20)10-24-13-5-4-12(9-14(13)23-3)18-7-6-11(17(21)22)8-15(18)19/h4-9,20-22H,10H2,1-3H3. The molecule has 0 aliphatic carbocycles. The Bertz CT molecular complexity index is 766. The topological polar surface area (TPSA) is 101 Å². The van der Waals surface area contributed by atoms with E-state index in [1.54, 1.807) is 32.0 Å². The lowest BCUT2D eigenvalue weighted by molar-refractivity contribution is 0.0276. The minimum absolute atomic E-state index is 0.0890. The molecule has 1 aromatic heterocycles. The Labute approximate surface area is 139 Å². The van der Waals surface area contributed by atoms with Gasteiger partial charge in [0.1, 0.15) is 6.61 Å². The van der Waals surface area contributed by atoms with E-state index in [9.17, 15) is 9.90 Å². The zero-order chi connectivity index (χ0) is 17.9. The zero-order valence-electron chi connectivity index (χ0n) is 13.8. The lowest BCUT2D eigenvalue weighted by Gasteiger charge is -2.19. The fourth-order valence-corrected chi connectivity index (χ4v) is 2.05. The van der Waals surface area contributed by atoms with Crippen LogP contribution in [0.3, 0.4) is 0 Å². The van der Waals surface area contributed by atoms with E-state index < -0.39 is 18.3 Å². The molecule has 0 unspecified atom stereocenters. The Hall–Kier alpha value is -2.29. The molecule has 24 heavy (non-hydrogen) atoms. The highest BCUT2D eigenvalue weighted by molar-refractivity contribution is 6.58. The monoisotopic (exact) mass is 333 g/mol. The van der Waals surface area contributed by atoms with Gasteiger partial charge in [-0.1, -0.05) is 0 Å². The van der Waals surface area contributed by atoms with Crippen LogP contribution in [-0.4, -0.2) is 46.2 Å². The highest BCUT2D eigenvalue weighted by Gasteiger charge is 2.16. The summed E-state index contributed by atoms with van der Waals surface area (Å²) in [6.45, 7) is 3.35. The molecule has 128 valence electrons. The van der Waals surface area contributed by atoms with Crippen molar-refractivity contribution < 1.29 is 24.6 Å². The number of aliphatic hydroxyl groups is 1. The molecule has 0 spiro atoms. The average molecular weight is 333 g/mol. The third kappa shape index (κ3) is 4.38. The van der Waals surface area contributed by atoms with Gasteiger partial charge in [-0.05, 0) is 37.5 Å². The molecule has 0 saturated heterocycles. The van der Waals surface area contributed by atoms with Gasteiger partial charge in [-0.15, -0.1) is 0 Å². The molecular weight excluding hydrogens is 313 g/mol. The normalized spacial score (nSPS) is 11.2. The number of nitrogens with zero attached hydrogens (tertiary/aromatic N) is 1. The molecule has 0 amide bonds. The first-order valence-corrected chi connectivity index (χ1v) is 7.33. The summed E-state index contributed by atoms with van der Waals surface area (Å²) in [7, 11) is -0.219. The van der Waals surface area contributed by atoms with E-state index in [2.05, 4.69) is 0 Å². The molecule has 1 heterocycles. The van der Waals surface area contributed by atoms with Gasteiger partial charge >= 0.3 is 7.12 Å². The molecule has 8 heteroatoms. The maximum absolute atomic E-state index is 12.1. The number of pyridine rings is 1. The molecule has 3 N–H and O–H groups in total. The number of hydrogen-bond donors (Lipinski definition) is 3. The number of benzene rings is 1. The summed E-state index contributed by atoms with van der Waals surface area (Å²) in [6, 6.07) is 7.52. The molecule has 0 radical (unpaired) electrons. The van der Waals surface area contributed by atoms with Crippen molar-refractivity contribution in [1.82, 2.24) is 4.57 Å². The van der Waals surface area contributed by atoms with Crippen molar-refractivity contribution in [2.75, 3.05) is 13.7 Å². The number of aromatic nitrogens is 1. The van der Waals surface area contributed by atoms with Crippen LogP contribution in [-0.2, 0) is 0 Å². The second-order valence-corrected chi connectivity index (χ2v) is 5.98. The Kier molecular flexibility index (Phi) is 5.33. The third-order valence-electron chi connectivity index (χ3n) is 3.25. The predicted molar refractivity (Wildman–Crippen MR) is 90.2 cm³/mol. The van der Waals surface area contributed by atoms with Crippen molar-refractivity contribution in [3.05, 3.63) is 46.9 Å². The molecule has 0 aliphatic rings. The van der Waals surface area contributed by atoms with Gasteiger partial charge in [0.25, 0.3) is 5.56 Å². The molecule has 0 atom stereocenters. The van der Waals surface area contributed by atoms with Crippen LogP contribution in [0.1, 0.15) is 13.8 Å². The smallest absolute Gasteiger partial charge is 0.488 e. The van der Waals surface area contributed by atoms with E-state index in [4.69, 9.17) is 19.5 Å². The molecule has 1 aromatic carbocycles. The predicted octanol–water partition coefficient (Wildman–Crippen LogP) is -0.324. The molecule has 2 aromatic rings. The molecule has 7 nitrogen and oxygen atoms in total. The first kappa shape index (κ1) is 18.1. The highest BCUT2D eigenvalue weighted by atomic mass is 16.5. The molecule has 0 bridgehead atoms. The van der Waals surface area contributed by atoms with E-state index in [0.29, 0.717) is 17.2 Å². The molecular formula is C16H20BNO6. The van der Waals surface area contributed by atoms with Crippen LogP contribution in [0, 0.1) is 0 Å². The number of hydrogen-bond acceptors (Lipinski definition) is 6. The molecule has 0 saturated carbocycles. The van der Waals surface area contributed by atoms with Crippen LogP contribution in [0.2, 0.25) is 0 Å². The second kappa shape index (κ2) is 7.08. The van der Waals surface area contributed by atoms with Crippen molar-refractivity contribution in [2.45, 2.75) is 19.4 Å². The van der Waals surface area contributed by atoms with Crippen molar-refractivity contribution >= 4 is 12.6 Å². The molecule has 2 rings (SSSR count). The van der Waals surface area contributed by atoms with Gasteiger partial charge in [0.15, 0.2) is 11.5 Å². The summed E-state index contributed by atoms with van der Waals surface area (Å²) in [5.41, 5.74) is -0.741. The summed E-state index contributed by atoms with van der Waals surface area (Å²) in [4.78, 5) is 12.1. The lowest BCUT2D eigenvalue weighted by atomic mass is 9.81. The summed E-state index contributed by atoms with van der Waals surface area (Å²) in [5.74, 6) is 0.855. The number of ether oxygens (including phenoxy) is 2. The van der Waals surface area contributed by atoms with Gasteiger partial charge in [-0.25, -0.2) is 0 Å². The first-order valence-electron chi connectivity index (χ1n) is 7.33. The van der Waals surface area contributed by atoms with E-state index >= 15 is 0 Å². The Morgan fingerprint density at radius 3 is 2.42 bits per heavy atom. The van der Waals surface area contributed by atoms with Crippen LogP contribution in [0.15, 0.2) is 41.3 Å². The third-order valence-corrected chi connectivity index (χ3v) is 3.25. The quantitative estimate of drug-likeness (QED) is 0.626. The van der Waals surface area contributed by atoms with Gasteiger partial charge < -0.3 is 24.6 Å². The van der Waals surface area contributed by atoms with Gasteiger partial charge in [-0.3, -0.25) is 9.36 Å². The Morgan fingerprint density at radius 1 is 1.17 bits per heavy atom. The molecule has 0 aliphatic heterocycles. The molecule has 0 fully saturated rings. The van der Waals surface area contributed by atoms with Crippen LogP contribution in [0.5, 0.6) is 11.5 Å². The average Bonchev–Trinajstić information content (AvgIpc) is 2.51. The summed E-state index contributed by atoms with van der Waals surface area (Å²) < 4.78 is 12.1. The van der Waals surface area contributed by atoms with Crippen LogP contribution >= 0.6 is 0 Å². The second-order valence-electron chi connectivity index (χ2n) is 5.98. The van der Waals surface area contributed by atoms with Crippen LogP contribution in [0.25, 0.3) is 5.69 Å².